The Hall–Kier alpha value is -2.01. The van der Waals surface area contributed by atoms with Crippen molar-refractivity contribution >= 4 is 27.6 Å². The van der Waals surface area contributed by atoms with Gasteiger partial charge in [0.15, 0.2) is 0 Å². The summed E-state index contributed by atoms with van der Waals surface area (Å²) in [6, 6.07) is 14.6. The normalized spacial score (nSPS) is 10.1. The standard InChI is InChI=1S/C15H14BrNO3/c16-14-10-11(6-7-13(14)15(18)19)17-8-9-20-12-4-2-1-3-5-12/h1-7,10,17H,8-9H2,(H,18,19). The van der Waals surface area contributed by atoms with Gasteiger partial charge in [0.1, 0.15) is 12.4 Å². The van der Waals surface area contributed by atoms with Crippen molar-refractivity contribution in [3.05, 3.63) is 58.6 Å². The number of ether oxygens (including phenoxy) is 1. The summed E-state index contributed by atoms with van der Waals surface area (Å²) in [5.74, 6) is -0.118. The number of anilines is 1. The van der Waals surface area contributed by atoms with Gasteiger partial charge in [0.2, 0.25) is 0 Å². The fourth-order valence-electron chi connectivity index (χ4n) is 1.68. The maximum atomic E-state index is 10.9. The highest BCUT2D eigenvalue weighted by atomic mass is 79.9. The topological polar surface area (TPSA) is 58.6 Å². The second-order valence-corrected chi connectivity index (χ2v) is 4.94. The Kier molecular flexibility index (Phi) is 5.01. The zero-order valence-corrected chi connectivity index (χ0v) is 12.3. The molecule has 2 N–H and O–H groups in total. The van der Waals surface area contributed by atoms with Gasteiger partial charge >= 0.3 is 5.97 Å². The highest BCUT2D eigenvalue weighted by Crippen LogP contribution is 2.21. The van der Waals surface area contributed by atoms with Crippen molar-refractivity contribution in [2.45, 2.75) is 0 Å². The molecule has 0 amide bonds. The molecule has 0 unspecified atom stereocenters. The van der Waals surface area contributed by atoms with Crippen LogP contribution >= 0.6 is 15.9 Å². The van der Waals surface area contributed by atoms with Crippen LogP contribution in [0.4, 0.5) is 5.69 Å². The molecule has 0 spiro atoms. The van der Waals surface area contributed by atoms with Crippen LogP contribution in [0.25, 0.3) is 0 Å². The van der Waals surface area contributed by atoms with E-state index in [4.69, 9.17) is 9.84 Å². The fraction of sp³-hybridized carbons (Fsp3) is 0.133. The molecular formula is C15H14BrNO3. The maximum Gasteiger partial charge on any atom is 0.336 e. The summed E-state index contributed by atoms with van der Waals surface area (Å²) in [7, 11) is 0. The lowest BCUT2D eigenvalue weighted by Gasteiger charge is -2.09. The Bertz CT molecular complexity index is 587. The molecule has 0 atom stereocenters. The number of halogens is 1. The van der Waals surface area contributed by atoms with E-state index >= 15 is 0 Å². The smallest absolute Gasteiger partial charge is 0.336 e. The molecule has 0 aromatic heterocycles. The van der Waals surface area contributed by atoms with Crippen molar-refractivity contribution in [3.8, 4) is 5.75 Å². The highest BCUT2D eigenvalue weighted by molar-refractivity contribution is 9.10. The second kappa shape index (κ2) is 6.96. The van der Waals surface area contributed by atoms with Crippen LogP contribution in [0.5, 0.6) is 5.75 Å². The molecule has 2 aromatic rings. The van der Waals surface area contributed by atoms with Gasteiger partial charge in [-0.3, -0.25) is 0 Å². The molecule has 0 saturated heterocycles. The van der Waals surface area contributed by atoms with Crippen LogP contribution < -0.4 is 10.1 Å². The van der Waals surface area contributed by atoms with E-state index in [0.717, 1.165) is 11.4 Å². The second-order valence-electron chi connectivity index (χ2n) is 4.09. The molecule has 2 aromatic carbocycles. The summed E-state index contributed by atoms with van der Waals surface area (Å²) >= 11 is 3.24. The van der Waals surface area contributed by atoms with E-state index in [1.54, 1.807) is 18.2 Å². The van der Waals surface area contributed by atoms with Gasteiger partial charge in [-0.25, -0.2) is 4.79 Å². The number of carboxylic acid groups (broad SMARTS) is 1. The van der Waals surface area contributed by atoms with Gasteiger partial charge < -0.3 is 15.2 Å². The van der Waals surface area contributed by atoms with Gasteiger partial charge in [0.05, 0.1) is 5.56 Å². The largest absolute Gasteiger partial charge is 0.492 e. The molecule has 4 nitrogen and oxygen atoms in total. The molecule has 0 heterocycles. The summed E-state index contributed by atoms with van der Waals surface area (Å²) in [5, 5.41) is 12.1. The number of benzene rings is 2. The van der Waals surface area contributed by atoms with Crippen LogP contribution in [-0.4, -0.2) is 24.2 Å². The Labute approximate surface area is 125 Å². The molecule has 104 valence electrons. The first-order valence-electron chi connectivity index (χ1n) is 6.11. The third kappa shape index (κ3) is 3.99. The average Bonchev–Trinajstić information content (AvgIpc) is 2.44. The first-order chi connectivity index (χ1) is 9.66. The van der Waals surface area contributed by atoms with E-state index in [9.17, 15) is 4.79 Å². The molecule has 0 bridgehead atoms. The minimum absolute atomic E-state index is 0.246. The lowest BCUT2D eigenvalue weighted by Crippen LogP contribution is -2.11. The SMILES string of the molecule is O=C(O)c1ccc(NCCOc2ccccc2)cc1Br. The highest BCUT2D eigenvalue weighted by Gasteiger charge is 2.07. The molecule has 0 fully saturated rings. The number of hydrogen-bond acceptors (Lipinski definition) is 3. The van der Waals surface area contributed by atoms with Gasteiger partial charge in [-0.15, -0.1) is 0 Å². The monoisotopic (exact) mass is 335 g/mol. The molecule has 0 saturated carbocycles. The van der Waals surface area contributed by atoms with Gasteiger partial charge in [-0.05, 0) is 46.3 Å². The van der Waals surface area contributed by atoms with Crippen molar-refractivity contribution in [3.63, 3.8) is 0 Å². The number of nitrogens with one attached hydrogen (secondary N) is 1. The molecule has 0 radical (unpaired) electrons. The van der Waals surface area contributed by atoms with Crippen molar-refractivity contribution in [1.82, 2.24) is 0 Å². The molecule has 0 aliphatic heterocycles. The lowest BCUT2D eigenvalue weighted by atomic mass is 10.2. The van der Waals surface area contributed by atoms with Crippen molar-refractivity contribution in [1.29, 1.82) is 0 Å². The first kappa shape index (κ1) is 14.4. The minimum atomic E-state index is -0.948. The van der Waals surface area contributed by atoms with E-state index in [1.165, 1.54) is 0 Å². The summed E-state index contributed by atoms with van der Waals surface area (Å²) < 4.78 is 6.11. The van der Waals surface area contributed by atoms with Gasteiger partial charge in [-0.1, -0.05) is 18.2 Å². The van der Waals surface area contributed by atoms with E-state index < -0.39 is 5.97 Å². The summed E-state index contributed by atoms with van der Waals surface area (Å²) in [5.41, 5.74) is 1.09. The Balaban J connectivity index is 1.83. The predicted molar refractivity (Wildman–Crippen MR) is 81.5 cm³/mol. The van der Waals surface area contributed by atoms with Crippen molar-refractivity contribution in [2.24, 2.45) is 0 Å². The Morgan fingerprint density at radius 3 is 2.60 bits per heavy atom. The quantitative estimate of drug-likeness (QED) is 0.791. The molecule has 0 aliphatic carbocycles. The zero-order chi connectivity index (χ0) is 14.4. The third-order valence-corrected chi connectivity index (χ3v) is 3.30. The number of rotatable bonds is 6. The number of aromatic carboxylic acids is 1. The fourth-order valence-corrected chi connectivity index (χ4v) is 2.23. The first-order valence-corrected chi connectivity index (χ1v) is 6.90. The minimum Gasteiger partial charge on any atom is -0.492 e. The van der Waals surface area contributed by atoms with Crippen LogP contribution in [0.1, 0.15) is 10.4 Å². The van der Waals surface area contributed by atoms with Gasteiger partial charge in [0, 0.05) is 16.7 Å². The average molecular weight is 336 g/mol. The van der Waals surface area contributed by atoms with E-state index in [1.807, 2.05) is 30.3 Å². The van der Waals surface area contributed by atoms with Crippen LogP contribution in [-0.2, 0) is 0 Å². The maximum absolute atomic E-state index is 10.9. The lowest BCUT2D eigenvalue weighted by molar-refractivity contribution is 0.0696. The summed E-state index contributed by atoms with van der Waals surface area (Å²) in [6.45, 7) is 1.16. The molecule has 5 heteroatoms. The third-order valence-electron chi connectivity index (χ3n) is 2.64. The number of carboxylic acids is 1. The van der Waals surface area contributed by atoms with Crippen LogP contribution in [0.15, 0.2) is 53.0 Å². The van der Waals surface area contributed by atoms with Crippen LogP contribution in [0, 0.1) is 0 Å². The van der Waals surface area contributed by atoms with Gasteiger partial charge in [0.25, 0.3) is 0 Å². The summed E-state index contributed by atoms with van der Waals surface area (Å²) in [6.07, 6.45) is 0. The predicted octanol–water partition coefficient (Wildman–Crippen LogP) is 3.64. The number of hydrogen-bond donors (Lipinski definition) is 2. The van der Waals surface area contributed by atoms with Crippen molar-refractivity contribution < 1.29 is 14.6 Å². The van der Waals surface area contributed by atoms with E-state index in [2.05, 4.69) is 21.2 Å². The molecule has 0 aliphatic rings. The van der Waals surface area contributed by atoms with E-state index in [-0.39, 0.29) is 5.56 Å². The molecular weight excluding hydrogens is 322 g/mol. The zero-order valence-electron chi connectivity index (χ0n) is 10.7. The van der Waals surface area contributed by atoms with Crippen LogP contribution in [0.3, 0.4) is 0 Å². The summed E-state index contributed by atoms with van der Waals surface area (Å²) in [4.78, 5) is 10.9. The van der Waals surface area contributed by atoms with Gasteiger partial charge in [-0.2, -0.15) is 0 Å². The van der Waals surface area contributed by atoms with Crippen molar-refractivity contribution in [2.75, 3.05) is 18.5 Å². The van der Waals surface area contributed by atoms with E-state index in [0.29, 0.717) is 17.6 Å². The molecule has 2 rings (SSSR count). The van der Waals surface area contributed by atoms with Crippen LogP contribution in [0.2, 0.25) is 0 Å². The number of carbonyl (C=O) groups is 1. The molecule has 20 heavy (non-hydrogen) atoms. The Morgan fingerprint density at radius 2 is 1.95 bits per heavy atom. The Morgan fingerprint density at radius 1 is 1.20 bits per heavy atom. The number of para-hydroxylation sites is 1.